The van der Waals surface area contributed by atoms with Gasteiger partial charge in [0.25, 0.3) is 5.56 Å². The van der Waals surface area contributed by atoms with Crippen LogP contribution in [0.15, 0.2) is 47.7 Å². The second-order valence-corrected chi connectivity index (χ2v) is 7.15. The molecule has 1 aliphatic rings. The van der Waals surface area contributed by atoms with Crippen molar-refractivity contribution in [2.24, 2.45) is 0 Å². The first-order valence-corrected chi connectivity index (χ1v) is 9.03. The molecule has 1 atom stereocenters. The number of fused-ring (bicyclic) bond motifs is 1. The number of nitrogens with one attached hydrogen (secondary N) is 1. The monoisotopic (exact) mass is 369 g/mol. The van der Waals surface area contributed by atoms with Crippen LogP contribution < -0.4 is 5.56 Å². The summed E-state index contributed by atoms with van der Waals surface area (Å²) < 4.78 is 1.52. The van der Waals surface area contributed by atoms with Crippen LogP contribution in [-0.2, 0) is 19.4 Å². The zero-order chi connectivity index (χ0) is 18.1. The third-order valence-corrected chi connectivity index (χ3v) is 5.21. The number of pyridine rings is 2. The minimum absolute atomic E-state index is 0.0168. The summed E-state index contributed by atoms with van der Waals surface area (Å²) in [6, 6.07) is 7.88. The van der Waals surface area contributed by atoms with Gasteiger partial charge in [0, 0.05) is 42.4 Å². The molecule has 0 saturated heterocycles. The lowest BCUT2D eigenvalue weighted by atomic mass is 9.92. The van der Waals surface area contributed by atoms with Crippen molar-refractivity contribution in [3.05, 3.63) is 75.1 Å². The maximum Gasteiger partial charge on any atom is 0.276 e. The number of aryl methyl sites for hydroxylation is 1. The summed E-state index contributed by atoms with van der Waals surface area (Å²) in [4.78, 5) is 23.5. The Morgan fingerprint density at radius 2 is 2.12 bits per heavy atom. The fraction of sp³-hybridized carbons (Fsp3) is 0.316. The summed E-state index contributed by atoms with van der Waals surface area (Å²) in [6.45, 7) is 0.847. The van der Waals surface area contributed by atoms with Gasteiger partial charge in [0.1, 0.15) is 0 Å². The molecular weight excluding hydrogens is 350 g/mol. The van der Waals surface area contributed by atoms with E-state index in [0.29, 0.717) is 16.9 Å². The molecule has 1 N–H and O–H groups in total. The molecule has 6 nitrogen and oxygen atoms in total. The van der Waals surface area contributed by atoms with Gasteiger partial charge in [-0.2, -0.15) is 0 Å². The molecule has 7 heteroatoms. The van der Waals surface area contributed by atoms with E-state index in [1.54, 1.807) is 18.3 Å². The Bertz CT molecular complexity index is 948. The van der Waals surface area contributed by atoms with Gasteiger partial charge in [0.15, 0.2) is 5.82 Å². The Morgan fingerprint density at radius 1 is 1.31 bits per heavy atom. The molecule has 3 aromatic heterocycles. The van der Waals surface area contributed by atoms with E-state index in [-0.39, 0.29) is 5.56 Å². The lowest BCUT2D eigenvalue weighted by molar-refractivity contribution is 0.213. The number of rotatable bonds is 4. The van der Waals surface area contributed by atoms with E-state index in [2.05, 4.69) is 27.0 Å². The number of hydrogen-bond donors (Lipinski definition) is 1. The number of aromatic amines is 1. The van der Waals surface area contributed by atoms with Gasteiger partial charge in [-0.25, -0.2) is 9.67 Å². The van der Waals surface area contributed by atoms with Crippen molar-refractivity contribution in [2.45, 2.75) is 31.8 Å². The molecule has 0 bridgehead atoms. The summed E-state index contributed by atoms with van der Waals surface area (Å²) >= 11 is 5.89. The quantitative estimate of drug-likeness (QED) is 0.767. The zero-order valence-electron chi connectivity index (χ0n) is 14.5. The van der Waals surface area contributed by atoms with Crippen LogP contribution >= 0.6 is 11.6 Å². The number of likely N-dealkylation sites (N-methyl/N-ethyl adjacent to an activating group) is 1. The predicted molar refractivity (Wildman–Crippen MR) is 101 cm³/mol. The van der Waals surface area contributed by atoms with Crippen LogP contribution in [0, 0.1) is 0 Å². The molecule has 3 aromatic rings. The number of nitrogens with zero attached hydrogens (tertiary/aromatic N) is 4. The van der Waals surface area contributed by atoms with Gasteiger partial charge < -0.3 is 0 Å². The summed E-state index contributed by atoms with van der Waals surface area (Å²) in [7, 11) is 2.11. The molecule has 0 radical (unpaired) electrons. The highest BCUT2D eigenvalue weighted by Gasteiger charge is 2.27. The van der Waals surface area contributed by atoms with Crippen LogP contribution in [0.2, 0.25) is 5.02 Å². The summed E-state index contributed by atoms with van der Waals surface area (Å²) in [5, 5.41) is 3.77. The van der Waals surface area contributed by atoms with Crippen molar-refractivity contribution >= 4 is 11.6 Å². The molecular formula is C19H20ClN5O. The molecule has 3 heterocycles. The minimum atomic E-state index is -0.0168. The third-order valence-electron chi connectivity index (χ3n) is 4.99. The molecule has 0 amide bonds. The highest BCUT2D eigenvalue weighted by molar-refractivity contribution is 6.30. The van der Waals surface area contributed by atoms with Gasteiger partial charge in [-0.3, -0.25) is 19.8 Å². The molecule has 1 aliphatic carbocycles. The first-order chi connectivity index (χ1) is 12.6. The minimum Gasteiger partial charge on any atom is -0.299 e. The summed E-state index contributed by atoms with van der Waals surface area (Å²) in [5.41, 5.74) is 3.09. The molecule has 1 unspecified atom stereocenters. The first-order valence-electron chi connectivity index (χ1n) is 8.65. The lowest BCUT2D eigenvalue weighted by Gasteiger charge is -2.30. The van der Waals surface area contributed by atoms with Gasteiger partial charge >= 0.3 is 0 Å². The fourth-order valence-electron chi connectivity index (χ4n) is 3.53. The molecule has 26 heavy (non-hydrogen) atoms. The molecule has 0 spiro atoms. The van der Waals surface area contributed by atoms with Crippen LogP contribution in [0.1, 0.15) is 23.2 Å². The van der Waals surface area contributed by atoms with Crippen LogP contribution in [0.25, 0.3) is 5.82 Å². The fourth-order valence-corrected chi connectivity index (χ4v) is 3.64. The van der Waals surface area contributed by atoms with Gasteiger partial charge in [0.2, 0.25) is 0 Å². The van der Waals surface area contributed by atoms with E-state index in [4.69, 9.17) is 11.6 Å². The number of aromatic nitrogens is 4. The Morgan fingerprint density at radius 3 is 2.85 bits per heavy atom. The van der Waals surface area contributed by atoms with Crippen molar-refractivity contribution in [2.75, 3.05) is 7.05 Å². The van der Waals surface area contributed by atoms with E-state index in [9.17, 15) is 4.79 Å². The normalized spacial score (nSPS) is 16.7. The maximum atomic E-state index is 12.9. The molecule has 0 saturated carbocycles. The Balaban J connectivity index is 1.55. The van der Waals surface area contributed by atoms with Crippen molar-refractivity contribution in [3.8, 4) is 5.82 Å². The number of H-pyrrole nitrogens is 1. The Kier molecular flexibility index (Phi) is 4.61. The standard InChI is InChI=1S/C19H20ClN5O/c1-24(12-13-6-8-21-9-7-13)15-3-4-17-16(10-15)19(26)25(23-17)18-5-2-14(20)11-22-18/h2,5-9,11,15,23H,3-4,10,12H2,1H3. The topological polar surface area (TPSA) is 66.8 Å². The van der Waals surface area contributed by atoms with Crippen LogP contribution in [0.5, 0.6) is 0 Å². The van der Waals surface area contributed by atoms with Gasteiger partial charge in [0.05, 0.1) is 5.02 Å². The SMILES string of the molecule is CN(Cc1ccncc1)C1CCc2[nH]n(-c3ccc(Cl)cn3)c(=O)c2C1. The van der Waals surface area contributed by atoms with E-state index in [1.807, 2.05) is 24.5 Å². The zero-order valence-corrected chi connectivity index (χ0v) is 15.3. The molecule has 0 aliphatic heterocycles. The van der Waals surface area contributed by atoms with E-state index < -0.39 is 0 Å². The smallest absolute Gasteiger partial charge is 0.276 e. The second kappa shape index (κ2) is 7.05. The molecule has 4 rings (SSSR count). The highest BCUT2D eigenvalue weighted by atomic mass is 35.5. The predicted octanol–water partition coefficient (Wildman–Crippen LogP) is 2.60. The van der Waals surface area contributed by atoms with E-state index in [0.717, 1.165) is 37.1 Å². The van der Waals surface area contributed by atoms with Crippen LogP contribution in [-0.4, -0.2) is 37.7 Å². The largest absolute Gasteiger partial charge is 0.299 e. The average molecular weight is 370 g/mol. The van der Waals surface area contributed by atoms with Crippen LogP contribution in [0.4, 0.5) is 0 Å². The average Bonchev–Trinajstić information content (AvgIpc) is 2.99. The molecule has 0 fully saturated rings. The van der Waals surface area contributed by atoms with Crippen molar-refractivity contribution < 1.29 is 0 Å². The van der Waals surface area contributed by atoms with Gasteiger partial charge in [-0.1, -0.05) is 11.6 Å². The highest BCUT2D eigenvalue weighted by Crippen LogP contribution is 2.22. The number of halogens is 1. The lowest BCUT2D eigenvalue weighted by Crippen LogP contribution is -2.37. The molecule has 134 valence electrons. The van der Waals surface area contributed by atoms with Gasteiger partial charge in [-0.05, 0) is 56.1 Å². The van der Waals surface area contributed by atoms with Crippen molar-refractivity contribution in [1.29, 1.82) is 0 Å². The van der Waals surface area contributed by atoms with E-state index >= 15 is 0 Å². The Labute approximate surface area is 156 Å². The molecule has 0 aromatic carbocycles. The van der Waals surface area contributed by atoms with Crippen molar-refractivity contribution in [1.82, 2.24) is 24.6 Å². The van der Waals surface area contributed by atoms with Crippen LogP contribution in [0.3, 0.4) is 0 Å². The second-order valence-electron chi connectivity index (χ2n) is 6.71. The third kappa shape index (κ3) is 3.30. The van der Waals surface area contributed by atoms with Crippen molar-refractivity contribution in [3.63, 3.8) is 0 Å². The Hall–Kier alpha value is -2.44. The van der Waals surface area contributed by atoms with Gasteiger partial charge in [-0.15, -0.1) is 0 Å². The summed E-state index contributed by atoms with van der Waals surface area (Å²) in [5.74, 6) is 0.565. The maximum absolute atomic E-state index is 12.9. The first kappa shape index (κ1) is 17.0. The van der Waals surface area contributed by atoms with E-state index in [1.165, 1.54) is 10.2 Å². The summed E-state index contributed by atoms with van der Waals surface area (Å²) in [6.07, 6.45) is 7.79. The number of hydrogen-bond acceptors (Lipinski definition) is 4.